The fraction of sp³-hybridized carbons (Fsp3) is 0.200. The average Bonchev–Trinajstić information content (AvgIpc) is 3.51. The number of hydrogen-bond acceptors (Lipinski definition) is 8. The molecule has 0 saturated heterocycles. The number of pyridine rings is 2. The van der Waals surface area contributed by atoms with Crippen molar-refractivity contribution in [3.63, 3.8) is 0 Å². The SMILES string of the molecule is Cc1ncnc2n[c-]n(-c3cccc(C(C)(C)c4cccc(-n5[c-]nc6ncnc(C)c65)n4)n3)c12.[Pd+2]. The molecule has 0 N–H and O–H groups in total. The summed E-state index contributed by atoms with van der Waals surface area (Å²) in [6.45, 7) is 8.03. The van der Waals surface area contributed by atoms with Crippen molar-refractivity contribution < 1.29 is 20.4 Å². The zero-order valence-corrected chi connectivity index (χ0v) is 21.5. The molecule has 11 heteroatoms. The Kier molecular flexibility index (Phi) is 5.90. The maximum absolute atomic E-state index is 4.96. The second kappa shape index (κ2) is 8.93. The van der Waals surface area contributed by atoms with Gasteiger partial charge in [-0.15, -0.1) is 0 Å². The van der Waals surface area contributed by atoms with Crippen LogP contribution >= 0.6 is 0 Å². The second-order valence-electron chi connectivity index (χ2n) is 8.74. The van der Waals surface area contributed by atoms with E-state index in [4.69, 9.17) is 9.97 Å². The summed E-state index contributed by atoms with van der Waals surface area (Å²) in [5.41, 5.74) is 5.57. The third kappa shape index (κ3) is 3.77. The molecule has 6 rings (SSSR count). The standard InChI is InChI=1S/C25H20N10.Pd/c1-15-21-23(28-11-26-15)30-13-34(21)19-9-5-7-17(32-19)25(3,4)18-8-6-10-20(33-18)35-14-31-24-22(35)16(2)27-12-29-24;/h5-12H,1-4H3;/q-2;+2. The summed E-state index contributed by atoms with van der Waals surface area (Å²) in [5, 5.41) is 0. The van der Waals surface area contributed by atoms with Crippen LogP contribution in [0.2, 0.25) is 0 Å². The Labute approximate surface area is 220 Å². The van der Waals surface area contributed by atoms with E-state index in [-0.39, 0.29) is 20.4 Å². The van der Waals surface area contributed by atoms with Gasteiger partial charge in [0.2, 0.25) is 0 Å². The Morgan fingerprint density at radius 3 is 1.56 bits per heavy atom. The molecule has 0 radical (unpaired) electrons. The Morgan fingerprint density at radius 1 is 0.667 bits per heavy atom. The van der Waals surface area contributed by atoms with Gasteiger partial charge in [0.05, 0.1) is 22.9 Å². The molecule has 180 valence electrons. The topological polar surface area (TPSA) is 113 Å². The van der Waals surface area contributed by atoms with Crippen molar-refractivity contribution in [2.75, 3.05) is 0 Å². The van der Waals surface area contributed by atoms with E-state index in [1.54, 1.807) is 9.13 Å². The Bertz CT molecular complexity index is 1590. The van der Waals surface area contributed by atoms with Gasteiger partial charge in [0.25, 0.3) is 0 Å². The summed E-state index contributed by atoms with van der Waals surface area (Å²) in [5.74, 6) is 1.38. The van der Waals surface area contributed by atoms with Crippen LogP contribution in [0, 0.1) is 26.5 Å². The normalized spacial score (nSPS) is 11.7. The van der Waals surface area contributed by atoms with Crippen LogP contribution in [0.15, 0.2) is 49.1 Å². The second-order valence-corrected chi connectivity index (χ2v) is 8.74. The summed E-state index contributed by atoms with van der Waals surface area (Å²) in [7, 11) is 0. The minimum absolute atomic E-state index is 0. The number of rotatable bonds is 4. The van der Waals surface area contributed by atoms with Gasteiger partial charge in [-0.2, -0.15) is 0 Å². The minimum atomic E-state index is -0.504. The van der Waals surface area contributed by atoms with Crippen LogP contribution in [-0.4, -0.2) is 49.0 Å². The van der Waals surface area contributed by atoms with Crippen molar-refractivity contribution in [2.24, 2.45) is 0 Å². The van der Waals surface area contributed by atoms with Gasteiger partial charge >= 0.3 is 20.4 Å². The van der Waals surface area contributed by atoms with Crippen molar-refractivity contribution in [3.8, 4) is 11.6 Å². The van der Waals surface area contributed by atoms with Crippen molar-refractivity contribution in [3.05, 3.63) is 84.5 Å². The number of hydrogen-bond donors (Lipinski definition) is 0. The molecule has 0 aliphatic carbocycles. The first-order chi connectivity index (χ1) is 16.9. The van der Waals surface area contributed by atoms with E-state index in [0.29, 0.717) is 22.9 Å². The zero-order chi connectivity index (χ0) is 24.2. The molecule has 6 aromatic rings. The van der Waals surface area contributed by atoms with E-state index in [0.717, 1.165) is 33.8 Å². The van der Waals surface area contributed by atoms with Gasteiger partial charge in [0.15, 0.2) is 0 Å². The quantitative estimate of drug-likeness (QED) is 0.236. The van der Waals surface area contributed by atoms with E-state index >= 15 is 0 Å². The van der Waals surface area contributed by atoms with Gasteiger partial charge in [-0.1, -0.05) is 24.3 Å². The molecule has 0 atom stereocenters. The zero-order valence-electron chi connectivity index (χ0n) is 19.9. The number of nitrogens with zero attached hydrogens (tertiary/aromatic N) is 10. The van der Waals surface area contributed by atoms with Crippen molar-refractivity contribution in [1.29, 1.82) is 0 Å². The Hall–Kier alpha value is -3.94. The third-order valence-corrected chi connectivity index (χ3v) is 6.14. The molecule has 0 aromatic carbocycles. The summed E-state index contributed by atoms with van der Waals surface area (Å²) in [4.78, 5) is 35.6. The average molecular weight is 567 g/mol. The number of fused-ring (bicyclic) bond motifs is 2. The Morgan fingerprint density at radius 2 is 1.11 bits per heavy atom. The molecule has 0 unspecified atom stereocenters. The molecule has 36 heavy (non-hydrogen) atoms. The van der Waals surface area contributed by atoms with Crippen molar-refractivity contribution >= 4 is 22.3 Å². The molecule has 0 saturated carbocycles. The van der Waals surface area contributed by atoms with Gasteiger partial charge in [0.1, 0.15) is 12.7 Å². The maximum Gasteiger partial charge on any atom is 2.00 e. The van der Waals surface area contributed by atoms with E-state index in [2.05, 4.69) is 56.4 Å². The predicted octanol–water partition coefficient (Wildman–Crippen LogP) is 3.28. The first kappa shape index (κ1) is 23.8. The van der Waals surface area contributed by atoms with Crippen LogP contribution in [0.5, 0.6) is 0 Å². The molecule has 6 heterocycles. The molecule has 6 aromatic heterocycles. The van der Waals surface area contributed by atoms with Crippen LogP contribution in [0.4, 0.5) is 0 Å². The van der Waals surface area contributed by atoms with E-state index in [1.165, 1.54) is 12.7 Å². The molecule has 0 aliphatic heterocycles. The largest absolute Gasteiger partial charge is 2.00 e. The molecule has 0 fully saturated rings. The fourth-order valence-electron chi connectivity index (χ4n) is 4.15. The third-order valence-electron chi connectivity index (χ3n) is 6.14. The summed E-state index contributed by atoms with van der Waals surface area (Å²) < 4.78 is 3.59. The van der Waals surface area contributed by atoms with Crippen LogP contribution in [0.3, 0.4) is 0 Å². The molecule has 0 amide bonds. The first-order valence-corrected chi connectivity index (χ1v) is 11.0. The van der Waals surface area contributed by atoms with Gasteiger partial charge in [-0.25, -0.2) is 0 Å². The molecule has 10 nitrogen and oxygen atoms in total. The molecular weight excluding hydrogens is 547 g/mol. The smallest absolute Gasteiger partial charge is 0.409 e. The first-order valence-electron chi connectivity index (χ1n) is 11.0. The molecule has 0 bridgehead atoms. The van der Waals surface area contributed by atoms with E-state index < -0.39 is 5.41 Å². The summed E-state index contributed by atoms with van der Waals surface area (Å²) >= 11 is 0. The maximum atomic E-state index is 4.96. The predicted molar refractivity (Wildman–Crippen MR) is 128 cm³/mol. The minimum Gasteiger partial charge on any atom is -0.409 e. The Balaban J connectivity index is 0.00000267. The monoisotopic (exact) mass is 566 g/mol. The van der Waals surface area contributed by atoms with E-state index in [9.17, 15) is 0 Å². The molecular formula is C25H20N10Pd. The van der Waals surface area contributed by atoms with Gasteiger partial charge in [0, 0.05) is 40.8 Å². The number of imidazole rings is 2. The van der Waals surface area contributed by atoms with Crippen LogP contribution in [0.25, 0.3) is 34.0 Å². The van der Waals surface area contributed by atoms with Gasteiger partial charge < -0.3 is 19.1 Å². The van der Waals surface area contributed by atoms with Gasteiger partial charge in [-0.3, -0.25) is 29.9 Å². The van der Waals surface area contributed by atoms with Crippen molar-refractivity contribution in [1.82, 2.24) is 49.0 Å². The van der Waals surface area contributed by atoms with Crippen LogP contribution < -0.4 is 0 Å². The number of aromatic nitrogens is 10. The number of aryl methyl sites for hydroxylation is 2. The molecule has 0 aliphatic rings. The van der Waals surface area contributed by atoms with Crippen LogP contribution in [0.1, 0.15) is 36.6 Å². The van der Waals surface area contributed by atoms with E-state index in [1.807, 2.05) is 50.2 Å². The van der Waals surface area contributed by atoms with Crippen molar-refractivity contribution in [2.45, 2.75) is 33.1 Å². The molecule has 0 spiro atoms. The summed E-state index contributed by atoms with van der Waals surface area (Å²) in [6, 6.07) is 11.8. The summed E-state index contributed by atoms with van der Waals surface area (Å²) in [6.07, 6.45) is 9.00. The fourth-order valence-corrected chi connectivity index (χ4v) is 4.15. The van der Waals surface area contributed by atoms with Gasteiger partial charge in [-0.05, 0) is 50.9 Å². The van der Waals surface area contributed by atoms with Crippen LogP contribution in [-0.2, 0) is 25.8 Å².